The van der Waals surface area contributed by atoms with Crippen LogP contribution in [0.1, 0.15) is 9.78 Å². The molecule has 0 atom stereocenters. The van der Waals surface area contributed by atoms with Gasteiger partial charge in [0.1, 0.15) is 0 Å². The molecule has 0 aromatic heterocycles. The molecule has 0 fully saturated rings. The van der Waals surface area contributed by atoms with Crippen molar-refractivity contribution in [2.45, 2.75) is 13.1 Å². The zero-order valence-corrected chi connectivity index (χ0v) is 9.69. The van der Waals surface area contributed by atoms with Crippen LogP contribution in [0.5, 0.6) is 0 Å². The van der Waals surface area contributed by atoms with E-state index in [0.717, 1.165) is 0 Å². The van der Waals surface area contributed by atoms with Crippen molar-refractivity contribution in [3.05, 3.63) is 0 Å². The molecular weight excluding hydrogens is 308 g/mol. The number of hydrogen-bond acceptors (Lipinski definition) is 10. The van der Waals surface area contributed by atoms with E-state index in [1.54, 1.807) is 6.92 Å². The fraction of sp³-hybridized carbons (Fsp3) is 1.00. The summed E-state index contributed by atoms with van der Waals surface area (Å²) in [5, 5.41) is 0. The van der Waals surface area contributed by atoms with E-state index in [0.29, 0.717) is 0 Å². The predicted octanol–water partition coefficient (Wildman–Crippen LogP) is -3.20. The largest absolute Gasteiger partial charge is 2.00 e. The Morgan fingerprint density at radius 2 is 0.933 bits per heavy atom. The van der Waals surface area contributed by atoms with Crippen molar-refractivity contribution in [2.75, 3.05) is 0 Å². The summed E-state index contributed by atoms with van der Waals surface area (Å²) >= 11 is 0. The predicted molar refractivity (Wildman–Crippen MR) is 41.0 cm³/mol. The molecule has 0 aliphatic heterocycles. The van der Waals surface area contributed by atoms with Crippen LogP contribution in [0.3, 0.4) is 0 Å². The van der Waals surface area contributed by atoms with Gasteiger partial charge in [0.05, 0.1) is 0 Å². The zero-order valence-electron chi connectivity index (χ0n) is 9.12. The Bertz CT molecular complexity index is 268. The first-order valence-corrected chi connectivity index (χ1v) is 5.24. The van der Waals surface area contributed by atoms with Gasteiger partial charge in [0, 0.05) is 27.0 Å². The molecule has 0 heterocycles. The number of rotatable bonds is 0. The van der Waals surface area contributed by atoms with E-state index in [4.69, 9.17) is 46.5 Å². The first kappa shape index (κ1) is 24.4. The second-order valence-electron chi connectivity index (χ2n) is 1.68. The fourth-order valence-electron chi connectivity index (χ4n) is 0. The molecule has 99 valence electrons. The van der Waals surface area contributed by atoms with Gasteiger partial charge in [-0.3, -0.25) is 16.8 Å². The standard InChI is InChI=1S/C2H8N2.Cu.2H2O4S/c1-2(3)4;;2*1-5(2,3)4/h2H,3-4H2,1H3;;2*(H2,1,2,3,4)/q;+2;;/p-2. The van der Waals surface area contributed by atoms with Crippen molar-refractivity contribution >= 4 is 20.8 Å². The van der Waals surface area contributed by atoms with Crippen LogP contribution >= 0.6 is 0 Å². The van der Waals surface area contributed by atoms with Gasteiger partial charge < -0.3 is 29.7 Å². The average Bonchev–Trinajstić information content (AvgIpc) is 1.45. The third-order valence-corrected chi connectivity index (χ3v) is 0. The topological polar surface area (TPSA) is 213 Å². The van der Waals surface area contributed by atoms with Gasteiger partial charge in [-0.05, 0) is 6.92 Å². The minimum Gasteiger partial charge on any atom is -0.759 e. The Labute approximate surface area is 101 Å². The molecule has 0 spiro atoms. The Balaban J connectivity index is -0.0000000247. The van der Waals surface area contributed by atoms with Gasteiger partial charge >= 0.3 is 19.9 Å². The molecule has 0 rings (SSSR count). The van der Waals surface area contributed by atoms with Gasteiger partial charge in [0.25, 0.3) is 0 Å². The molecule has 1 radical (unpaired) electrons. The summed E-state index contributed by atoms with van der Waals surface area (Å²) in [4.78, 5) is 0. The fourth-order valence-corrected chi connectivity index (χ4v) is 0. The zero-order chi connectivity index (χ0) is 12.6. The second-order valence-corrected chi connectivity index (χ2v) is 3.31. The van der Waals surface area contributed by atoms with E-state index in [-0.39, 0.29) is 26.1 Å². The summed E-state index contributed by atoms with van der Waals surface area (Å²) in [5.41, 5.74) is 9.78. The van der Waals surface area contributed by atoms with Crippen molar-refractivity contribution in [2.24, 2.45) is 11.5 Å². The summed E-state index contributed by atoms with van der Waals surface area (Å²) in [6.07, 6.45) is -0.167. The molecule has 0 bridgehead atoms. The van der Waals surface area contributed by atoms with E-state index < -0.39 is 20.8 Å². The van der Waals surface area contributed by atoms with E-state index in [1.165, 1.54) is 0 Å². The van der Waals surface area contributed by atoms with Crippen molar-refractivity contribution in [3.63, 3.8) is 0 Å². The van der Waals surface area contributed by atoms with Crippen LogP contribution < -0.4 is 11.5 Å². The summed E-state index contributed by atoms with van der Waals surface area (Å²) < 4.78 is 68.2. The Hall–Kier alpha value is 0.179. The maximum Gasteiger partial charge on any atom is 2.00 e. The molecule has 0 amide bonds. The molecule has 0 aromatic carbocycles. The normalized spacial score (nSPS) is 10.1. The van der Waals surface area contributed by atoms with E-state index in [9.17, 15) is 0 Å². The summed E-state index contributed by atoms with van der Waals surface area (Å²) in [6, 6.07) is 0. The molecule has 15 heavy (non-hydrogen) atoms. The van der Waals surface area contributed by atoms with E-state index >= 15 is 0 Å². The molecule has 0 aliphatic carbocycles. The smallest absolute Gasteiger partial charge is 0.759 e. The molecular formula is C2H10CuN2O8S2. The van der Waals surface area contributed by atoms with Gasteiger partial charge in [0.2, 0.25) is 0 Å². The Morgan fingerprint density at radius 1 is 0.933 bits per heavy atom. The summed E-state index contributed by atoms with van der Waals surface area (Å²) in [7, 11) is -10.3. The average molecular weight is 318 g/mol. The van der Waals surface area contributed by atoms with Crippen LogP contribution in [-0.2, 0) is 37.9 Å². The van der Waals surface area contributed by atoms with Crippen molar-refractivity contribution < 1.29 is 55.0 Å². The molecule has 0 saturated carbocycles. The molecule has 0 unspecified atom stereocenters. The SMILES string of the molecule is CC(N)N.O=S(=O)([O-])[O-].O=S(=O)([O-])[O-].[Cu+2].[H+].[H+]. The van der Waals surface area contributed by atoms with Crippen LogP contribution in [0, 0.1) is 0 Å². The minimum atomic E-state index is -5.17. The molecule has 0 saturated heterocycles. The van der Waals surface area contributed by atoms with Gasteiger partial charge in [-0.25, -0.2) is 0 Å². The maximum absolute atomic E-state index is 8.52. The van der Waals surface area contributed by atoms with E-state index in [1.807, 2.05) is 0 Å². The van der Waals surface area contributed by atoms with Gasteiger partial charge in [-0.2, -0.15) is 0 Å². The van der Waals surface area contributed by atoms with Crippen LogP contribution in [0.2, 0.25) is 0 Å². The van der Waals surface area contributed by atoms with E-state index in [2.05, 4.69) is 0 Å². The van der Waals surface area contributed by atoms with Gasteiger partial charge in [-0.15, -0.1) is 0 Å². The molecule has 0 aromatic rings. The van der Waals surface area contributed by atoms with Gasteiger partial charge in [-0.1, -0.05) is 0 Å². The van der Waals surface area contributed by atoms with Crippen LogP contribution in [-0.4, -0.2) is 41.2 Å². The monoisotopic (exact) mass is 317 g/mol. The third kappa shape index (κ3) is 65300. The maximum atomic E-state index is 8.52. The van der Waals surface area contributed by atoms with Crippen LogP contribution in [0.4, 0.5) is 0 Å². The Kier molecular flexibility index (Phi) is 17.4. The van der Waals surface area contributed by atoms with Crippen molar-refractivity contribution in [3.8, 4) is 0 Å². The first-order valence-electron chi connectivity index (χ1n) is 2.58. The third-order valence-electron chi connectivity index (χ3n) is 0. The minimum absolute atomic E-state index is 0. The molecule has 13 heteroatoms. The number of hydrogen-bond donors (Lipinski definition) is 2. The van der Waals surface area contributed by atoms with Crippen molar-refractivity contribution in [1.29, 1.82) is 0 Å². The molecule has 0 aliphatic rings. The molecule has 4 N–H and O–H groups in total. The summed E-state index contributed by atoms with van der Waals surface area (Å²) in [5.74, 6) is 0. The quantitative estimate of drug-likeness (QED) is 0.197. The Morgan fingerprint density at radius 3 is 0.933 bits per heavy atom. The first-order chi connectivity index (χ1) is 5.73. The van der Waals surface area contributed by atoms with Crippen LogP contribution in [0.15, 0.2) is 0 Å². The van der Waals surface area contributed by atoms with Crippen molar-refractivity contribution in [1.82, 2.24) is 0 Å². The summed E-state index contributed by atoms with van der Waals surface area (Å²) in [6.45, 7) is 1.72. The second kappa shape index (κ2) is 10.7. The molecule has 10 nitrogen and oxygen atoms in total. The van der Waals surface area contributed by atoms with Gasteiger partial charge in [0.15, 0.2) is 0 Å². The van der Waals surface area contributed by atoms with Crippen LogP contribution in [0.25, 0.3) is 0 Å². The number of nitrogens with two attached hydrogens (primary N) is 2.